The number of nitrogen functional groups attached to an aromatic ring is 2. The molecule has 1 aromatic carbocycles. The van der Waals surface area contributed by atoms with Crippen molar-refractivity contribution in [1.82, 2.24) is 15.0 Å². The van der Waals surface area contributed by atoms with Crippen LogP contribution in [0, 0.1) is 0 Å². The van der Waals surface area contributed by atoms with E-state index < -0.39 is 11.1 Å². The van der Waals surface area contributed by atoms with Gasteiger partial charge in [-0.05, 0) is 11.6 Å². The van der Waals surface area contributed by atoms with Crippen LogP contribution in [0.4, 0.5) is 11.9 Å². The molecular formula is C10H11N5O2S. The van der Waals surface area contributed by atoms with Crippen LogP contribution in [0.5, 0.6) is 0 Å². The molecule has 94 valence electrons. The van der Waals surface area contributed by atoms with Gasteiger partial charge in [-0.2, -0.15) is 15.0 Å². The summed E-state index contributed by atoms with van der Waals surface area (Å²) in [7, 11) is 0. The Bertz CT molecular complexity index is 584. The fraction of sp³-hybridized carbons (Fsp3) is 0.100. The number of benzene rings is 1. The summed E-state index contributed by atoms with van der Waals surface area (Å²) in [5.74, 6) is 0.456. The van der Waals surface area contributed by atoms with Crippen molar-refractivity contribution in [3.63, 3.8) is 0 Å². The van der Waals surface area contributed by atoms with E-state index in [9.17, 15) is 4.21 Å². The van der Waals surface area contributed by atoms with Gasteiger partial charge in [0.05, 0.1) is 5.75 Å². The van der Waals surface area contributed by atoms with Crippen LogP contribution >= 0.6 is 0 Å². The molecule has 0 aliphatic rings. The minimum absolute atomic E-state index is 0.0358. The summed E-state index contributed by atoms with van der Waals surface area (Å²) >= 11 is -1.89. The van der Waals surface area contributed by atoms with Gasteiger partial charge in [-0.15, -0.1) is 0 Å². The third-order valence-electron chi connectivity index (χ3n) is 2.15. The lowest BCUT2D eigenvalue weighted by Gasteiger charge is -2.04. The maximum atomic E-state index is 10.8. The Labute approximate surface area is 106 Å². The Morgan fingerprint density at radius 3 is 2.44 bits per heavy atom. The Morgan fingerprint density at radius 1 is 1.17 bits per heavy atom. The van der Waals surface area contributed by atoms with Crippen molar-refractivity contribution in [2.75, 3.05) is 11.5 Å². The Morgan fingerprint density at radius 2 is 1.83 bits per heavy atom. The molecule has 5 N–H and O–H groups in total. The fourth-order valence-corrected chi connectivity index (χ4v) is 1.95. The number of hydrogen-bond donors (Lipinski definition) is 3. The topological polar surface area (TPSA) is 128 Å². The molecule has 0 aliphatic carbocycles. The van der Waals surface area contributed by atoms with Crippen LogP contribution in [0.1, 0.15) is 5.56 Å². The van der Waals surface area contributed by atoms with Crippen LogP contribution in [-0.4, -0.2) is 23.7 Å². The minimum Gasteiger partial charge on any atom is -0.368 e. The molecule has 1 atom stereocenters. The molecule has 0 fully saturated rings. The molecule has 0 spiro atoms. The van der Waals surface area contributed by atoms with Crippen molar-refractivity contribution in [3.05, 3.63) is 29.8 Å². The van der Waals surface area contributed by atoms with E-state index in [4.69, 9.17) is 16.0 Å². The van der Waals surface area contributed by atoms with Crippen molar-refractivity contribution in [2.45, 2.75) is 5.75 Å². The van der Waals surface area contributed by atoms with Crippen LogP contribution < -0.4 is 11.5 Å². The lowest BCUT2D eigenvalue weighted by molar-refractivity contribution is 0.563. The van der Waals surface area contributed by atoms with E-state index in [1.165, 1.54) is 0 Å². The predicted octanol–water partition coefficient (Wildman–Crippen LogP) is 0.425. The first-order valence-corrected chi connectivity index (χ1v) is 6.26. The highest BCUT2D eigenvalue weighted by atomic mass is 32.2. The second kappa shape index (κ2) is 5.07. The van der Waals surface area contributed by atoms with Gasteiger partial charge in [-0.3, -0.25) is 0 Å². The van der Waals surface area contributed by atoms with Gasteiger partial charge in [0.2, 0.25) is 11.9 Å². The van der Waals surface area contributed by atoms with E-state index in [0.717, 1.165) is 0 Å². The Hall–Kier alpha value is -2.06. The summed E-state index contributed by atoms with van der Waals surface area (Å²) in [6, 6.07) is 6.96. The monoisotopic (exact) mass is 265 g/mol. The molecule has 8 heteroatoms. The third kappa shape index (κ3) is 2.99. The molecule has 0 aliphatic heterocycles. The molecule has 18 heavy (non-hydrogen) atoms. The van der Waals surface area contributed by atoms with Crippen molar-refractivity contribution >= 4 is 23.0 Å². The first kappa shape index (κ1) is 12.4. The van der Waals surface area contributed by atoms with E-state index in [1.54, 1.807) is 24.3 Å². The van der Waals surface area contributed by atoms with Crippen molar-refractivity contribution in [1.29, 1.82) is 0 Å². The Kier molecular flexibility index (Phi) is 3.49. The van der Waals surface area contributed by atoms with Gasteiger partial charge in [0.1, 0.15) is 0 Å². The van der Waals surface area contributed by atoms with Crippen LogP contribution in [0.15, 0.2) is 24.3 Å². The third-order valence-corrected chi connectivity index (χ3v) is 2.73. The van der Waals surface area contributed by atoms with E-state index in [1.807, 2.05) is 0 Å². The van der Waals surface area contributed by atoms with Gasteiger partial charge in [0.25, 0.3) is 0 Å². The highest BCUT2D eigenvalue weighted by Crippen LogP contribution is 2.18. The quantitative estimate of drug-likeness (QED) is 0.686. The van der Waals surface area contributed by atoms with Gasteiger partial charge >= 0.3 is 0 Å². The average Bonchev–Trinajstić information content (AvgIpc) is 2.27. The van der Waals surface area contributed by atoms with Crippen LogP contribution in [0.3, 0.4) is 0 Å². The molecule has 7 nitrogen and oxygen atoms in total. The molecule has 2 aromatic rings. The number of anilines is 2. The summed E-state index contributed by atoms with van der Waals surface area (Å²) in [4.78, 5) is 11.6. The standard InChI is InChI=1S/C10H11N5O2S/c11-9-13-8(14-10(12)15-9)7-3-1-2-6(4-7)5-18(16)17/h1-4H,5H2,(H,16,17)(H4,11,12,13,14,15). The van der Waals surface area contributed by atoms with Gasteiger partial charge in [-0.25, -0.2) is 4.21 Å². The van der Waals surface area contributed by atoms with Crippen LogP contribution in [0.25, 0.3) is 11.4 Å². The minimum atomic E-state index is -1.89. The van der Waals surface area contributed by atoms with Crippen molar-refractivity contribution < 1.29 is 8.76 Å². The number of aromatic nitrogens is 3. The zero-order chi connectivity index (χ0) is 13.1. The molecule has 0 radical (unpaired) electrons. The highest BCUT2D eigenvalue weighted by Gasteiger charge is 2.06. The van der Waals surface area contributed by atoms with E-state index >= 15 is 0 Å². The summed E-state index contributed by atoms with van der Waals surface area (Å²) < 4.78 is 19.6. The van der Waals surface area contributed by atoms with E-state index in [0.29, 0.717) is 17.0 Å². The normalized spacial score (nSPS) is 12.3. The average molecular weight is 265 g/mol. The number of rotatable bonds is 3. The Balaban J connectivity index is 2.41. The molecule has 1 heterocycles. The molecule has 0 saturated carbocycles. The molecule has 1 aromatic heterocycles. The zero-order valence-electron chi connectivity index (χ0n) is 9.28. The summed E-state index contributed by atoms with van der Waals surface area (Å²) in [6.45, 7) is 0. The SMILES string of the molecule is Nc1nc(N)nc(-c2cccc(CS(=O)O)c2)n1. The van der Waals surface area contributed by atoms with Gasteiger partial charge in [0.15, 0.2) is 16.9 Å². The van der Waals surface area contributed by atoms with Crippen LogP contribution in [-0.2, 0) is 16.8 Å². The maximum Gasteiger partial charge on any atom is 0.225 e. The van der Waals surface area contributed by atoms with E-state index in [-0.39, 0.29) is 17.6 Å². The second-order valence-corrected chi connectivity index (χ2v) is 4.47. The molecular weight excluding hydrogens is 254 g/mol. The van der Waals surface area contributed by atoms with E-state index in [2.05, 4.69) is 15.0 Å². The lowest BCUT2D eigenvalue weighted by Crippen LogP contribution is -2.04. The number of nitrogens with two attached hydrogens (primary N) is 2. The first-order chi connectivity index (χ1) is 8.54. The van der Waals surface area contributed by atoms with Crippen molar-refractivity contribution in [2.24, 2.45) is 0 Å². The number of nitrogens with zero attached hydrogens (tertiary/aromatic N) is 3. The number of hydrogen-bond acceptors (Lipinski definition) is 6. The second-order valence-electron chi connectivity index (χ2n) is 3.54. The summed E-state index contributed by atoms with van der Waals surface area (Å²) in [5, 5.41) is 0. The molecule has 0 amide bonds. The van der Waals surface area contributed by atoms with Crippen LogP contribution in [0.2, 0.25) is 0 Å². The van der Waals surface area contributed by atoms with Gasteiger partial charge in [0, 0.05) is 5.56 Å². The highest BCUT2D eigenvalue weighted by molar-refractivity contribution is 7.78. The molecule has 0 saturated heterocycles. The summed E-state index contributed by atoms with van der Waals surface area (Å²) in [6.07, 6.45) is 0. The maximum absolute atomic E-state index is 10.8. The smallest absolute Gasteiger partial charge is 0.225 e. The van der Waals surface area contributed by atoms with Gasteiger partial charge < -0.3 is 16.0 Å². The molecule has 1 unspecified atom stereocenters. The first-order valence-electron chi connectivity index (χ1n) is 4.98. The predicted molar refractivity (Wildman–Crippen MR) is 68.6 cm³/mol. The van der Waals surface area contributed by atoms with Gasteiger partial charge in [-0.1, -0.05) is 18.2 Å². The summed E-state index contributed by atoms with van der Waals surface area (Å²) in [5.41, 5.74) is 12.3. The van der Waals surface area contributed by atoms with Crippen molar-refractivity contribution in [3.8, 4) is 11.4 Å². The largest absolute Gasteiger partial charge is 0.368 e. The molecule has 0 bridgehead atoms. The molecule has 2 rings (SSSR count). The fourth-order valence-electron chi connectivity index (χ4n) is 1.48. The lowest BCUT2D eigenvalue weighted by atomic mass is 10.1. The zero-order valence-corrected chi connectivity index (χ0v) is 10.1.